The van der Waals surface area contributed by atoms with E-state index in [1.165, 1.54) is 38.4 Å². The monoisotopic (exact) mass is 601 g/mol. The molecule has 2 heterocycles. The van der Waals surface area contributed by atoms with Gasteiger partial charge in [-0.05, 0) is 39.8 Å². The van der Waals surface area contributed by atoms with Crippen LogP contribution in [0.2, 0.25) is 0 Å². The van der Waals surface area contributed by atoms with Crippen LogP contribution in [-0.2, 0) is 5.41 Å². The average Bonchev–Trinajstić information content (AvgIpc) is 3.38. The summed E-state index contributed by atoms with van der Waals surface area (Å²) in [5.74, 6) is 0.713. The Kier molecular flexibility index (Phi) is 6.16. The highest BCUT2D eigenvalue weighted by Crippen LogP contribution is 2.53. The van der Waals surface area contributed by atoms with Gasteiger partial charge in [0.15, 0.2) is 5.82 Å². The van der Waals surface area contributed by atoms with Gasteiger partial charge in [-0.1, -0.05) is 153 Å². The van der Waals surface area contributed by atoms with Gasteiger partial charge in [-0.15, -0.1) is 0 Å². The fourth-order valence-electron chi connectivity index (χ4n) is 7.40. The fraction of sp³-hybridized carbons (Fsp3) is 0.0682. The van der Waals surface area contributed by atoms with Crippen LogP contribution in [0.1, 0.15) is 25.0 Å². The van der Waals surface area contributed by atoms with Gasteiger partial charge in [-0.2, -0.15) is 0 Å². The molecule has 0 saturated carbocycles. The minimum Gasteiger partial charge on any atom is -0.247 e. The second kappa shape index (κ2) is 10.6. The molecule has 0 bridgehead atoms. The summed E-state index contributed by atoms with van der Waals surface area (Å²) >= 11 is 0. The number of hydrogen-bond donors (Lipinski definition) is 0. The van der Waals surface area contributed by atoms with Crippen molar-refractivity contribution in [2.24, 2.45) is 0 Å². The third kappa shape index (κ3) is 4.39. The lowest BCUT2D eigenvalue weighted by Crippen LogP contribution is -2.16. The summed E-state index contributed by atoms with van der Waals surface area (Å²) in [6, 6.07) is 53.3. The van der Waals surface area contributed by atoms with Crippen molar-refractivity contribution in [2.75, 3.05) is 0 Å². The number of benzene rings is 6. The van der Waals surface area contributed by atoms with Gasteiger partial charge in [0.05, 0.1) is 22.6 Å². The van der Waals surface area contributed by atoms with Gasteiger partial charge in [-0.25, -0.2) is 15.0 Å². The molecule has 2 aromatic heterocycles. The Labute approximate surface area is 274 Å². The van der Waals surface area contributed by atoms with E-state index in [-0.39, 0.29) is 5.41 Å². The zero-order valence-electron chi connectivity index (χ0n) is 26.3. The van der Waals surface area contributed by atoms with E-state index in [4.69, 9.17) is 15.0 Å². The average molecular weight is 602 g/mol. The van der Waals surface area contributed by atoms with E-state index in [1.807, 2.05) is 36.4 Å². The maximum absolute atomic E-state index is 5.36. The standard InChI is InChI=1S/C44H31N3/c1-44(2)36-19-11-9-17-32(36)35-26-25-34-33-18-10-12-20-37(33)45-42(40(34)41(35)44)30-23-21-29(22-24-30)39-27-38(28-13-5-3-6-14-28)46-43(47-39)31-15-7-4-8-16-31/h3-27H,1-2H3. The van der Waals surface area contributed by atoms with E-state index in [9.17, 15) is 0 Å². The van der Waals surface area contributed by atoms with Gasteiger partial charge in [0.1, 0.15) is 0 Å². The zero-order valence-corrected chi connectivity index (χ0v) is 26.3. The molecule has 222 valence electrons. The zero-order chi connectivity index (χ0) is 31.5. The Bertz CT molecular complexity index is 2410. The van der Waals surface area contributed by atoms with Crippen LogP contribution < -0.4 is 0 Å². The lowest BCUT2D eigenvalue weighted by Gasteiger charge is -2.24. The van der Waals surface area contributed by atoms with E-state index in [0.29, 0.717) is 5.82 Å². The van der Waals surface area contributed by atoms with Crippen LogP contribution in [0.3, 0.4) is 0 Å². The topological polar surface area (TPSA) is 38.7 Å². The molecule has 0 spiro atoms. The van der Waals surface area contributed by atoms with Gasteiger partial charge in [0, 0.05) is 38.4 Å². The van der Waals surface area contributed by atoms with E-state index in [1.54, 1.807) is 0 Å². The summed E-state index contributed by atoms with van der Waals surface area (Å²) in [6.07, 6.45) is 0. The lowest BCUT2D eigenvalue weighted by atomic mass is 9.79. The molecule has 1 aliphatic carbocycles. The van der Waals surface area contributed by atoms with Crippen molar-refractivity contribution in [3.05, 3.63) is 163 Å². The SMILES string of the molecule is CC1(C)c2ccccc2-c2ccc3c(c(-c4ccc(-c5cc(-c6ccccc6)nc(-c6ccccc6)n5)cc4)nc4ccccc43)c21. The Balaban J connectivity index is 1.24. The number of nitrogens with zero attached hydrogens (tertiary/aromatic N) is 3. The van der Waals surface area contributed by atoms with Crippen LogP contribution in [-0.4, -0.2) is 15.0 Å². The summed E-state index contributed by atoms with van der Waals surface area (Å²) in [5, 5.41) is 3.65. The van der Waals surface area contributed by atoms with Crippen LogP contribution in [0.25, 0.3) is 78.0 Å². The van der Waals surface area contributed by atoms with Crippen LogP contribution in [0, 0.1) is 0 Å². The van der Waals surface area contributed by atoms with Gasteiger partial charge in [0.25, 0.3) is 0 Å². The van der Waals surface area contributed by atoms with Gasteiger partial charge in [0.2, 0.25) is 0 Å². The Morgan fingerprint density at radius 1 is 0.447 bits per heavy atom. The molecule has 0 unspecified atom stereocenters. The predicted molar refractivity (Wildman–Crippen MR) is 194 cm³/mol. The fourth-order valence-corrected chi connectivity index (χ4v) is 7.40. The lowest BCUT2D eigenvalue weighted by molar-refractivity contribution is 0.666. The highest BCUT2D eigenvalue weighted by atomic mass is 14.9. The van der Waals surface area contributed by atoms with E-state index in [0.717, 1.165) is 44.9 Å². The number of hydrogen-bond acceptors (Lipinski definition) is 3. The van der Waals surface area contributed by atoms with Crippen LogP contribution >= 0.6 is 0 Å². The minimum atomic E-state index is -0.160. The smallest absolute Gasteiger partial charge is 0.160 e. The van der Waals surface area contributed by atoms with Crippen LogP contribution in [0.5, 0.6) is 0 Å². The Hall–Kier alpha value is -5.93. The number of pyridine rings is 1. The summed E-state index contributed by atoms with van der Waals surface area (Å²) in [7, 11) is 0. The van der Waals surface area contributed by atoms with Crippen LogP contribution in [0.15, 0.2) is 152 Å². The molecule has 6 aromatic carbocycles. The number of aromatic nitrogens is 3. The summed E-state index contributed by atoms with van der Waals surface area (Å²) in [6.45, 7) is 4.70. The quantitative estimate of drug-likeness (QED) is 0.188. The highest BCUT2D eigenvalue weighted by Gasteiger charge is 2.37. The second-order valence-corrected chi connectivity index (χ2v) is 12.8. The molecule has 0 fully saturated rings. The number of rotatable bonds is 4. The normalized spacial score (nSPS) is 13.1. The summed E-state index contributed by atoms with van der Waals surface area (Å²) < 4.78 is 0. The molecule has 0 saturated heterocycles. The molecule has 0 aliphatic heterocycles. The van der Waals surface area contributed by atoms with Gasteiger partial charge >= 0.3 is 0 Å². The van der Waals surface area contributed by atoms with Crippen molar-refractivity contribution in [1.29, 1.82) is 0 Å². The van der Waals surface area contributed by atoms with Crippen molar-refractivity contribution in [2.45, 2.75) is 19.3 Å². The third-order valence-corrected chi connectivity index (χ3v) is 9.67. The maximum atomic E-state index is 5.36. The first kappa shape index (κ1) is 27.4. The van der Waals surface area contributed by atoms with Crippen molar-refractivity contribution in [3.8, 4) is 56.3 Å². The predicted octanol–water partition coefficient (Wildman–Crippen LogP) is 11.2. The van der Waals surface area contributed by atoms with Crippen molar-refractivity contribution in [1.82, 2.24) is 15.0 Å². The molecule has 1 aliphatic rings. The van der Waals surface area contributed by atoms with Gasteiger partial charge < -0.3 is 0 Å². The molecule has 8 aromatic rings. The molecule has 47 heavy (non-hydrogen) atoms. The summed E-state index contributed by atoms with van der Waals surface area (Å²) in [5.41, 5.74) is 13.2. The van der Waals surface area contributed by atoms with E-state index < -0.39 is 0 Å². The van der Waals surface area contributed by atoms with Crippen molar-refractivity contribution in [3.63, 3.8) is 0 Å². The first-order valence-corrected chi connectivity index (χ1v) is 16.1. The molecule has 0 N–H and O–H groups in total. The minimum absolute atomic E-state index is 0.160. The first-order chi connectivity index (χ1) is 23.1. The van der Waals surface area contributed by atoms with E-state index >= 15 is 0 Å². The molecule has 3 heteroatoms. The van der Waals surface area contributed by atoms with Crippen molar-refractivity contribution < 1.29 is 0 Å². The largest absolute Gasteiger partial charge is 0.247 e. The maximum Gasteiger partial charge on any atom is 0.160 e. The molecule has 0 atom stereocenters. The highest BCUT2D eigenvalue weighted by molar-refractivity contribution is 6.15. The molecular weight excluding hydrogens is 571 g/mol. The summed E-state index contributed by atoms with van der Waals surface area (Å²) in [4.78, 5) is 15.4. The molecular formula is C44H31N3. The number of para-hydroxylation sites is 1. The van der Waals surface area contributed by atoms with Gasteiger partial charge in [-0.3, -0.25) is 0 Å². The number of fused-ring (bicyclic) bond motifs is 7. The molecule has 3 nitrogen and oxygen atoms in total. The Morgan fingerprint density at radius 3 is 1.79 bits per heavy atom. The first-order valence-electron chi connectivity index (χ1n) is 16.1. The van der Waals surface area contributed by atoms with Crippen LogP contribution in [0.4, 0.5) is 0 Å². The van der Waals surface area contributed by atoms with E-state index in [2.05, 4.69) is 129 Å². The Morgan fingerprint density at radius 2 is 1.04 bits per heavy atom. The molecule has 9 rings (SSSR count). The van der Waals surface area contributed by atoms with Crippen molar-refractivity contribution >= 4 is 21.7 Å². The third-order valence-electron chi connectivity index (χ3n) is 9.67. The molecule has 0 amide bonds. The second-order valence-electron chi connectivity index (χ2n) is 12.8. The molecule has 0 radical (unpaired) electrons.